The Morgan fingerprint density at radius 3 is 2.29 bits per heavy atom. The summed E-state index contributed by atoms with van der Waals surface area (Å²) in [4.78, 5) is 3.12. The molecule has 1 saturated heterocycles. The molecule has 3 heteroatoms. The lowest BCUT2D eigenvalue weighted by molar-refractivity contribution is 0.597. The minimum absolute atomic E-state index is 0.701. The largest absolute Gasteiger partial charge is 0.399 e. The molecule has 0 amide bonds. The van der Waals surface area contributed by atoms with E-state index in [-0.39, 0.29) is 0 Å². The second-order valence-electron chi connectivity index (χ2n) is 3.75. The molecule has 0 aromatic heterocycles. The first-order chi connectivity index (χ1) is 6.75. The zero-order valence-corrected chi connectivity index (χ0v) is 9.70. The molecule has 0 saturated carbocycles. The Morgan fingerprint density at radius 1 is 1.14 bits per heavy atom. The van der Waals surface area contributed by atoms with Crippen LogP contribution in [0.3, 0.4) is 0 Å². The summed E-state index contributed by atoms with van der Waals surface area (Å²) in [5.74, 6) is 0. The lowest BCUT2D eigenvalue weighted by Crippen LogP contribution is -2.33. The highest BCUT2D eigenvalue weighted by atomic mass is 79.9. The molecule has 1 aliphatic heterocycles. The lowest BCUT2D eigenvalue weighted by atomic mass is 10.1. The number of halogens is 1. The standard InChI is InChI=1S/C11H15BrN2/c12-9-5-7-14(8-6-9)11-3-1-10(13)2-4-11/h1-4,9H,5-8,13H2. The molecular weight excluding hydrogens is 240 g/mol. The summed E-state index contributed by atoms with van der Waals surface area (Å²) in [6.45, 7) is 2.28. The van der Waals surface area contributed by atoms with Gasteiger partial charge in [0.2, 0.25) is 0 Å². The number of benzene rings is 1. The number of nitrogens with two attached hydrogens (primary N) is 1. The molecule has 1 aliphatic rings. The molecule has 1 heterocycles. The van der Waals surface area contributed by atoms with Crippen molar-refractivity contribution in [3.63, 3.8) is 0 Å². The number of alkyl halides is 1. The Kier molecular flexibility index (Phi) is 2.96. The highest BCUT2D eigenvalue weighted by molar-refractivity contribution is 9.09. The molecule has 0 spiro atoms. The van der Waals surface area contributed by atoms with E-state index in [1.807, 2.05) is 12.1 Å². The van der Waals surface area contributed by atoms with Crippen molar-refractivity contribution < 1.29 is 0 Å². The van der Waals surface area contributed by atoms with Gasteiger partial charge in [-0.15, -0.1) is 0 Å². The van der Waals surface area contributed by atoms with E-state index in [1.165, 1.54) is 18.5 Å². The van der Waals surface area contributed by atoms with Gasteiger partial charge in [0.25, 0.3) is 0 Å². The zero-order chi connectivity index (χ0) is 9.97. The highest BCUT2D eigenvalue weighted by Crippen LogP contribution is 2.23. The molecule has 0 atom stereocenters. The second kappa shape index (κ2) is 4.22. The van der Waals surface area contributed by atoms with Crippen molar-refractivity contribution in [1.82, 2.24) is 0 Å². The number of nitrogens with zero attached hydrogens (tertiary/aromatic N) is 1. The Hall–Kier alpha value is -0.700. The second-order valence-corrected chi connectivity index (χ2v) is 5.05. The molecule has 2 nitrogen and oxygen atoms in total. The molecule has 1 aromatic rings. The van der Waals surface area contributed by atoms with E-state index in [9.17, 15) is 0 Å². The van der Waals surface area contributed by atoms with E-state index in [0.29, 0.717) is 4.83 Å². The van der Waals surface area contributed by atoms with Crippen LogP contribution in [0.15, 0.2) is 24.3 Å². The van der Waals surface area contributed by atoms with Crippen molar-refractivity contribution in [2.75, 3.05) is 23.7 Å². The summed E-state index contributed by atoms with van der Waals surface area (Å²) < 4.78 is 0. The molecule has 2 rings (SSSR count). The summed E-state index contributed by atoms with van der Waals surface area (Å²) in [5.41, 5.74) is 7.78. The number of nitrogen functional groups attached to an aromatic ring is 1. The first kappa shape index (κ1) is 9.84. The molecule has 0 bridgehead atoms. The number of hydrogen-bond acceptors (Lipinski definition) is 2. The molecule has 14 heavy (non-hydrogen) atoms. The van der Waals surface area contributed by atoms with Crippen molar-refractivity contribution in [1.29, 1.82) is 0 Å². The average molecular weight is 255 g/mol. The number of anilines is 2. The quantitative estimate of drug-likeness (QED) is 0.617. The zero-order valence-electron chi connectivity index (χ0n) is 8.12. The number of rotatable bonds is 1. The topological polar surface area (TPSA) is 29.3 Å². The van der Waals surface area contributed by atoms with Crippen molar-refractivity contribution in [2.45, 2.75) is 17.7 Å². The van der Waals surface area contributed by atoms with Crippen LogP contribution in [-0.2, 0) is 0 Å². The normalized spacial score (nSPS) is 18.5. The van der Waals surface area contributed by atoms with Crippen LogP contribution in [0.4, 0.5) is 11.4 Å². The predicted molar refractivity (Wildman–Crippen MR) is 65.0 cm³/mol. The molecular formula is C11H15BrN2. The fourth-order valence-electron chi connectivity index (χ4n) is 1.79. The smallest absolute Gasteiger partial charge is 0.0367 e. The van der Waals surface area contributed by atoms with Gasteiger partial charge in [-0.2, -0.15) is 0 Å². The van der Waals surface area contributed by atoms with Crippen molar-refractivity contribution in [3.05, 3.63) is 24.3 Å². The third kappa shape index (κ3) is 2.21. The van der Waals surface area contributed by atoms with E-state index in [4.69, 9.17) is 5.73 Å². The van der Waals surface area contributed by atoms with Gasteiger partial charge in [0.1, 0.15) is 0 Å². The molecule has 76 valence electrons. The predicted octanol–water partition coefficient (Wildman–Crippen LogP) is 2.63. The van der Waals surface area contributed by atoms with Gasteiger partial charge >= 0.3 is 0 Å². The van der Waals surface area contributed by atoms with E-state index in [2.05, 4.69) is 33.0 Å². The van der Waals surface area contributed by atoms with Gasteiger partial charge in [-0.3, -0.25) is 0 Å². The summed E-state index contributed by atoms with van der Waals surface area (Å²) in [7, 11) is 0. The maximum atomic E-state index is 5.65. The van der Waals surface area contributed by atoms with E-state index in [1.54, 1.807) is 0 Å². The number of hydrogen-bond donors (Lipinski definition) is 1. The first-order valence-electron chi connectivity index (χ1n) is 5.00. The van der Waals surface area contributed by atoms with Crippen LogP contribution in [0.2, 0.25) is 0 Å². The summed E-state index contributed by atoms with van der Waals surface area (Å²) in [6, 6.07) is 8.14. The van der Waals surface area contributed by atoms with E-state index < -0.39 is 0 Å². The fourth-order valence-corrected chi connectivity index (χ4v) is 2.20. The lowest BCUT2D eigenvalue weighted by Gasteiger charge is -2.31. The van der Waals surface area contributed by atoms with Crippen LogP contribution in [0.5, 0.6) is 0 Å². The van der Waals surface area contributed by atoms with Gasteiger partial charge in [0, 0.05) is 29.3 Å². The molecule has 1 aromatic carbocycles. The van der Waals surface area contributed by atoms with Gasteiger partial charge in [0.05, 0.1) is 0 Å². The average Bonchev–Trinajstić information content (AvgIpc) is 2.21. The monoisotopic (exact) mass is 254 g/mol. The van der Waals surface area contributed by atoms with E-state index >= 15 is 0 Å². The molecule has 0 aliphatic carbocycles. The van der Waals surface area contributed by atoms with Crippen molar-refractivity contribution >= 4 is 27.3 Å². The summed E-state index contributed by atoms with van der Waals surface area (Å²) in [6.07, 6.45) is 2.45. The third-order valence-electron chi connectivity index (χ3n) is 2.68. The van der Waals surface area contributed by atoms with Gasteiger partial charge in [-0.25, -0.2) is 0 Å². The molecule has 0 radical (unpaired) electrons. The van der Waals surface area contributed by atoms with Crippen molar-refractivity contribution in [3.8, 4) is 0 Å². The van der Waals surface area contributed by atoms with Crippen LogP contribution >= 0.6 is 15.9 Å². The first-order valence-corrected chi connectivity index (χ1v) is 5.92. The summed E-state index contributed by atoms with van der Waals surface area (Å²) >= 11 is 3.65. The summed E-state index contributed by atoms with van der Waals surface area (Å²) in [5, 5.41) is 0. The Labute approximate surface area is 93.2 Å². The van der Waals surface area contributed by atoms with E-state index in [0.717, 1.165) is 18.8 Å². The molecule has 1 fully saturated rings. The van der Waals surface area contributed by atoms with Crippen LogP contribution < -0.4 is 10.6 Å². The molecule has 0 unspecified atom stereocenters. The van der Waals surface area contributed by atoms with Gasteiger partial charge in [-0.05, 0) is 37.1 Å². The minimum Gasteiger partial charge on any atom is -0.399 e. The van der Waals surface area contributed by atoms with Crippen LogP contribution in [-0.4, -0.2) is 17.9 Å². The van der Waals surface area contributed by atoms with Gasteiger partial charge in [-0.1, -0.05) is 15.9 Å². The SMILES string of the molecule is Nc1ccc(N2CCC(Br)CC2)cc1. The van der Waals surface area contributed by atoms with Gasteiger partial charge < -0.3 is 10.6 Å². The highest BCUT2D eigenvalue weighted by Gasteiger charge is 2.16. The fraction of sp³-hybridized carbons (Fsp3) is 0.455. The Balaban J connectivity index is 2.05. The third-order valence-corrected chi connectivity index (χ3v) is 3.60. The van der Waals surface area contributed by atoms with Crippen LogP contribution in [0, 0.1) is 0 Å². The van der Waals surface area contributed by atoms with Crippen LogP contribution in [0.25, 0.3) is 0 Å². The Bertz CT molecular complexity index is 289. The number of piperidine rings is 1. The minimum atomic E-state index is 0.701. The maximum Gasteiger partial charge on any atom is 0.0367 e. The molecule has 2 N–H and O–H groups in total. The Morgan fingerprint density at radius 2 is 1.71 bits per heavy atom. The maximum absolute atomic E-state index is 5.65. The van der Waals surface area contributed by atoms with Crippen LogP contribution in [0.1, 0.15) is 12.8 Å². The van der Waals surface area contributed by atoms with Crippen molar-refractivity contribution in [2.24, 2.45) is 0 Å². The van der Waals surface area contributed by atoms with Gasteiger partial charge in [0.15, 0.2) is 0 Å².